The summed E-state index contributed by atoms with van der Waals surface area (Å²) in [4.78, 5) is 11.7. The molecule has 0 fully saturated rings. The summed E-state index contributed by atoms with van der Waals surface area (Å²) in [5, 5.41) is 2.84. The fourth-order valence-corrected chi connectivity index (χ4v) is 1.68. The molecule has 0 aliphatic heterocycles. The highest BCUT2D eigenvalue weighted by Crippen LogP contribution is 2.17. The van der Waals surface area contributed by atoms with Crippen LogP contribution in [0.4, 0.5) is 0 Å². The van der Waals surface area contributed by atoms with E-state index in [2.05, 4.69) is 5.32 Å². The predicted octanol–water partition coefficient (Wildman–Crippen LogP) is 1.49. The minimum Gasteiger partial charge on any atom is -0.494 e. The zero-order valence-electron chi connectivity index (χ0n) is 11.9. The Morgan fingerprint density at radius 3 is 2.70 bits per heavy atom. The Labute approximate surface area is 126 Å². The van der Waals surface area contributed by atoms with Crippen LogP contribution < -0.4 is 15.8 Å². The molecule has 1 aromatic rings. The lowest BCUT2D eigenvalue weighted by Crippen LogP contribution is -2.32. The van der Waals surface area contributed by atoms with E-state index in [0.29, 0.717) is 19.7 Å². The van der Waals surface area contributed by atoms with E-state index in [9.17, 15) is 4.79 Å². The standard InChI is InChI=1S/C14H22N2O3.ClH/c1-3-19-13-7-5-4-6-11(13)10-16-14(17)8-12(9-15)18-2;/h4-7,12H,3,8-10,15H2,1-2H3,(H,16,17);1H. The van der Waals surface area contributed by atoms with Crippen molar-refractivity contribution in [1.29, 1.82) is 0 Å². The van der Waals surface area contributed by atoms with Crippen LogP contribution in [0, 0.1) is 0 Å². The summed E-state index contributed by atoms with van der Waals surface area (Å²) >= 11 is 0. The summed E-state index contributed by atoms with van der Waals surface area (Å²) < 4.78 is 10.6. The molecular weight excluding hydrogens is 280 g/mol. The Balaban J connectivity index is 0.00000361. The third-order valence-electron chi connectivity index (χ3n) is 2.76. The molecule has 1 atom stereocenters. The second-order valence-electron chi connectivity index (χ2n) is 4.12. The van der Waals surface area contributed by atoms with Gasteiger partial charge in [0.25, 0.3) is 0 Å². The first-order valence-corrected chi connectivity index (χ1v) is 6.41. The van der Waals surface area contributed by atoms with Crippen molar-refractivity contribution in [2.75, 3.05) is 20.3 Å². The van der Waals surface area contributed by atoms with Crippen molar-refractivity contribution in [2.45, 2.75) is 26.0 Å². The van der Waals surface area contributed by atoms with E-state index >= 15 is 0 Å². The summed E-state index contributed by atoms with van der Waals surface area (Å²) in [5.41, 5.74) is 6.44. The number of amides is 1. The van der Waals surface area contributed by atoms with Gasteiger partial charge in [0.1, 0.15) is 5.75 Å². The smallest absolute Gasteiger partial charge is 0.222 e. The van der Waals surface area contributed by atoms with Crippen LogP contribution in [0.1, 0.15) is 18.9 Å². The molecular formula is C14H23ClN2O3. The summed E-state index contributed by atoms with van der Waals surface area (Å²) in [6.07, 6.45) is 0.0335. The number of halogens is 1. The first-order valence-electron chi connectivity index (χ1n) is 6.41. The Hall–Kier alpha value is -1.30. The van der Waals surface area contributed by atoms with Gasteiger partial charge in [-0.1, -0.05) is 18.2 Å². The number of rotatable bonds is 8. The van der Waals surface area contributed by atoms with Gasteiger partial charge in [-0.15, -0.1) is 12.4 Å². The molecule has 1 rings (SSSR count). The molecule has 5 nitrogen and oxygen atoms in total. The van der Waals surface area contributed by atoms with Crippen LogP contribution in [-0.4, -0.2) is 32.3 Å². The van der Waals surface area contributed by atoms with Crippen molar-refractivity contribution in [3.05, 3.63) is 29.8 Å². The zero-order chi connectivity index (χ0) is 14.1. The van der Waals surface area contributed by atoms with Gasteiger partial charge >= 0.3 is 0 Å². The van der Waals surface area contributed by atoms with Gasteiger partial charge in [0.15, 0.2) is 0 Å². The van der Waals surface area contributed by atoms with E-state index in [4.69, 9.17) is 15.2 Å². The van der Waals surface area contributed by atoms with Crippen molar-refractivity contribution in [3.8, 4) is 5.75 Å². The van der Waals surface area contributed by atoms with Crippen LogP contribution in [0.25, 0.3) is 0 Å². The van der Waals surface area contributed by atoms with Crippen LogP contribution >= 0.6 is 12.4 Å². The number of hydrogen-bond donors (Lipinski definition) is 2. The van der Waals surface area contributed by atoms with Gasteiger partial charge in [-0.05, 0) is 13.0 Å². The number of methoxy groups -OCH3 is 1. The Morgan fingerprint density at radius 1 is 1.40 bits per heavy atom. The Bertz CT molecular complexity index is 398. The van der Waals surface area contributed by atoms with Crippen molar-refractivity contribution in [2.24, 2.45) is 5.73 Å². The average molecular weight is 303 g/mol. The molecule has 1 amide bonds. The number of carbonyl (C=O) groups excluding carboxylic acids is 1. The fraction of sp³-hybridized carbons (Fsp3) is 0.500. The lowest BCUT2D eigenvalue weighted by atomic mass is 10.2. The SMILES string of the molecule is CCOc1ccccc1CNC(=O)CC(CN)OC.Cl. The minimum atomic E-state index is -0.234. The Kier molecular flexibility index (Phi) is 9.80. The second kappa shape index (κ2) is 10.5. The average Bonchev–Trinajstić information content (AvgIpc) is 2.44. The van der Waals surface area contributed by atoms with E-state index in [1.165, 1.54) is 0 Å². The molecule has 0 heterocycles. The fourth-order valence-electron chi connectivity index (χ4n) is 1.68. The number of ether oxygens (including phenoxy) is 2. The highest BCUT2D eigenvalue weighted by Gasteiger charge is 2.11. The molecule has 0 aliphatic rings. The molecule has 0 aromatic heterocycles. The van der Waals surface area contributed by atoms with Gasteiger partial charge in [-0.25, -0.2) is 0 Å². The van der Waals surface area contributed by atoms with Gasteiger partial charge in [0, 0.05) is 25.8 Å². The van der Waals surface area contributed by atoms with Gasteiger partial charge in [0.05, 0.1) is 19.1 Å². The maximum atomic E-state index is 11.7. The van der Waals surface area contributed by atoms with Crippen molar-refractivity contribution in [3.63, 3.8) is 0 Å². The van der Waals surface area contributed by atoms with E-state index < -0.39 is 0 Å². The van der Waals surface area contributed by atoms with Crippen molar-refractivity contribution >= 4 is 18.3 Å². The largest absolute Gasteiger partial charge is 0.494 e. The van der Waals surface area contributed by atoms with E-state index in [1.807, 2.05) is 31.2 Å². The summed E-state index contributed by atoms with van der Waals surface area (Å²) in [7, 11) is 1.55. The quantitative estimate of drug-likeness (QED) is 0.763. The van der Waals surface area contributed by atoms with Gasteiger partial charge < -0.3 is 20.5 Å². The van der Waals surface area contributed by atoms with Crippen LogP contribution in [0.15, 0.2) is 24.3 Å². The highest BCUT2D eigenvalue weighted by atomic mass is 35.5. The first kappa shape index (κ1) is 18.7. The third-order valence-corrected chi connectivity index (χ3v) is 2.76. The number of hydrogen-bond acceptors (Lipinski definition) is 4. The number of carbonyl (C=O) groups is 1. The number of nitrogens with two attached hydrogens (primary N) is 1. The van der Waals surface area contributed by atoms with Gasteiger partial charge in [0.2, 0.25) is 5.91 Å². The summed E-state index contributed by atoms with van der Waals surface area (Å²) in [5.74, 6) is 0.719. The van der Waals surface area contributed by atoms with E-state index in [0.717, 1.165) is 11.3 Å². The van der Waals surface area contributed by atoms with E-state index in [1.54, 1.807) is 7.11 Å². The molecule has 1 aromatic carbocycles. The molecule has 0 saturated heterocycles. The van der Waals surface area contributed by atoms with Crippen LogP contribution in [-0.2, 0) is 16.1 Å². The minimum absolute atomic E-state index is 0. The monoisotopic (exact) mass is 302 g/mol. The molecule has 3 N–H and O–H groups in total. The molecule has 0 spiro atoms. The van der Waals surface area contributed by atoms with Crippen LogP contribution in [0.5, 0.6) is 5.75 Å². The first-order chi connectivity index (χ1) is 9.21. The Morgan fingerprint density at radius 2 is 2.10 bits per heavy atom. The topological polar surface area (TPSA) is 73.6 Å². The molecule has 1 unspecified atom stereocenters. The third kappa shape index (κ3) is 6.23. The maximum absolute atomic E-state index is 11.7. The molecule has 0 radical (unpaired) electrons. The van der Waals surface area contributed by atoms with Gasteiger partial charge in [-0.3, -0.25) is 4.79 Å². The number of para-hydroxylation sites is 1. The van der Waals surface area contributed by atoms with Crippen LogP contribution in [0.3, 0.4) is 0 Å². The molecule has 0 saturated carbocycles. The van der Waals surface area contributed by atoms with Gasteiger partial charge in [-0.2, -0.15) is 0 Å². The van der Waals surface area contributed by atoms with Crippen molar-refractivity contribution in [1.82, 2.24) is 5.32 Å². The predicted molar refractivity (Wildman–Crippen MR) is 81.2 cm³/mol. The second-order valence-corrected chi connectivity index (χ2v) is 4.12. The van der Waals surface area contributed by atoms with Crippen molar-refractivity contribution < 1.29 is 14.3 Å². The normalized spacial score (nSPS) is 11.3. The number of nitrogens with one attached hydrogen (secondary N) is 1. The molecule has 20 heavy (non-hydrogen) atoms. The summed E-state index contributed by atoms with van der Waals surface area (Å²) in [6.45, 7) is 3.30. The summed E-state index contributed by atoms with van der Waals surface area (Å²) in [6, 6.07) is 7.65. The molecule has 0 bridgehead atoms. The highest BCUT2D eigenvalue weighted by molar-refractivity contribution is 5.85. The lowest BCUT2D eigenvalue weighted by molar-refractivity contribution is -0.123. The lowest BCUT2D eigenvalue weighted by Gasteiger charge is -2.14. The van der Waals surface area contributed by atoms with Crippen LogP contribution in [0.2, 0.25) is 0 Å². The molecule has 0 aliphatic carbocycles. The zero-order valence-corrected chi connectivity index (χ0v) is 12.7. The molecule has 6 heteroatoms. The maximum Gasteiger partial charge on any atom is 0.222 e. The van der Waals surface area contributed by atoms with E-state index in [-0.39, 0.29) is 30.8 Å². The number of benzene rings is 1. The molecule has 114 valence electrons.